The van der Waals surface area contributed by atoms with Crippen molar-refractivity contribution in [1.29, 1.82) is 0 Å². The molecule has 3 aromatic rings. The minimum Gasteiger partial charge on any atom is -0.466 e. The van der Waals surface area contributed by atoms with Gasteiger partial charge in [-0.05, 0) is 31.2 Å². The maximum atomic E-state index is 13.1. The summed E-state index contributed by atoms with van der Waals surface area (Å²) in [6, 6.07) is 5.96. The number of amides is 1. The van der Waals surface area contributed by atoms with Crippen molar-refractivity contribution >= 4 is 40.1 Å². The van der Waals surface area contributed by atoms with Crippen LogP contribution in [0.15, 0.2) is 34.8 Å². The summed E-state index contributed by atoms with van der Waals surface area (Å²) in [5, 5.41) is 13.6. The largest absolute Gasteiger partial charge is 0.466 e. The van der Waals surface area contributed by atoms with Crippen LogP contribution in [0.4, 0.5) is 9.52 Å². The van der Waals surface area contributed by atoms with E-state index in [1.54, 1.807) is 36.1 Å². The van der Waals surface area contributed by atoms with Gasteiger partial charge in [0.05, 0.1) is 24.5 Å². The molecule has 1 amide bonds. The molecule has 0 aliphatic heterocycles. The average Bonchev–Trinajstić information content (AvgIpc) is 3.27. The Labute approximate surface area is 174 Å². The van der Waals surface area contributed by atoms with E-state index in [-0.39, 0.29) is 29.9 Å². The first-order valence-electron chi connectivity index (χ1n) is 8.64. The lowest BCUT2D eigenvalue weighted by atomic mass is 10.2. The lowest BCUT2D eigenvalue weighted by Crippen LogP contribution is -2.14. The summed E-state index contributed by atoms with van der Waals surface area (Å²) in [5.74, 6) is -0.239. The van der Waals surface area contributed by atoms with Crippen LogP contribution in [-0.4, -0.2) is 44.0 Å². The molecule has 1 aromatic carbocycles. The molecule has 11 heteroatoms. The predicted molar refractivity (Wildman–Crippen MR) is 108 cm³/mol. The zero-order chi connectivity index (χ0) is 20.8. The van der Waals surface area contributed by atoms with Crippen LogP contribution < -0.4 is 5.32 Å². The Morgan fingerprint density at radius 3 is 2.76 bits per heavy atom. The number of thiazole rings is 1. The number of carbonyl (C=O) groups is 2. The van der Waals surface area contributed by atoms with Crippen LogP contribution >= 0.6 is 23.1 Å². The van der Waals surface area contributed by atoms with Crippen molar-refractivity contribution in [3.05, 3.63) is 41.2 Å². The Morgan fingerprint density at radius 1 is 1.28 bits per heavy atom. The summed E-state index contributed by atoms with van der Waals surface area (Å²) in [6.07, 6.45) is 0.0695. The number of halogens is 1. The van der Waals surface area contributed by atoms with Crippen molar-refractivity contribution in [3.8, 4) is 11.4 Å². The zero-order valence-corrected chi connectivity index (χ0v) is 17.3. The highest BCUT2D eigenvalue weighted by atomic mass is 32.2. The summed E-state index contributed by atoms with van der Waals surface area (Å²) >= 11 is 2.46. The van der Waals surface area contributed by atoms with E-state index >= 15 is 0 Å². The van der Waals surface area contributed by atoms with Gasteiger partial charge in [-0.3, -0.25) is 9.59 Å². The highest BCUT2D eigenvalue weighted by molar-refractivity contribution is 7.99. The lowest BCUT2D eigenvalue weighted by molar-refractivity contribution is -0.142. The molecule has 8 nitrogen and oxygen atoms in total. The van der Waals surface area contributed by atoms with E-state index in [0.717, 1.165) is 5.56 Å². The van der Waals surface area contributed by atoms with E-state index in [2.05, 4.69) is 20.5 Å². The molecule has 0 unspecified atom stereocenters. The van der Waals surface area contributed by atoms with Crippen molar-refractivity contribution in [2.24, 2.45) is 7.05 Å². The summed E-state index contributed by atoms with van der Waals surface area (Å²) in [5.41, 5.74) is 1.28. The number of hydrogen-bond donors (Lipinski definition) is 1. The van der Waals surface area contributed by atoms with Gasteiger partial charge in [-0.25, -0.2) is 9.37 Å². The fourth-order valence-corrected chi connectivity index (χ4v) is 3.82. The number of rotatable bonds is 8. The topological polar surface area (TPSA) is 99.0 Å². The minimum absolute atomic E-state index is 0.0695. The van der Waals surface area contributed by atoms with Crippen LogP contribution in [0.3, 0.4) is 0 Å². The first kappa shape index (κ1) is 20.9. The smallest absolute Gasteiger partial charge is 0.311 e. The van der Waals surface area contributed by atoms with Crippen LogP contribution in [0.1, 0.15) is 12.6 Å². The monoisotopic (exact) mass is 435 g/mol. The second kappa shape index (κ2) is 9.61. The van der Waals surface area contributed by atoms with Gasteiger partial charge < -0.3 is 14.6 Å². The molecule has 0 atom stereocenters. The average molecular weight is 436 g/mol. The fourth-order valence-electron chi connectivity index (χ4n) is 2.38. The first-order chi connectivity index (χ1) is 14.0. The van der Waals surface area contributed by atoms with E-state index in [1.165, 1.54) is 35.2 Å². The molecule has 0 aliphatic carbocycles. The quantitative estimate of drug-likeness (QED) is 0.429. The van der Waals surface area contributed by atoms with Gasteiger partial charge in [-0.15, -0.1) is 21.5 Å². The normalized spacial score (nSPS) is 10.7. The number of thioether (sulfide) groups is 1. The number of benzene rings is 1. The van der Waals surface area contributed by atoms with Gasteiger partial charge >= 0.3 is 5.97 Å². The van der Waals surface area contributed by atoms with E-state index in [9.17, 15) is 14.0 Å². The second-order valence-corrected chi connectivity index (χ2v) is 7.64. The molecular formula is C18H18FN5O3S2. The van der Waals surface area contributed by atoms with Crippen molar-refractivity contribution in [2.75, 3.05) is 17.7 Å². The summed E-state index contributed by atoms with van der Waals surface area (Å²) in [7, 11) is 1.78. The highest BCUT2D eigenvalue weighted by Crippen LogP contribution is 2.23. The first-order valence-corrected chi connectivity index (χ1v) is 10.5. The number of nitrogens with one attached hydrogen (secondary N) is 1. The molecule has 2 aromatic heterocycles. The Hall–Kier alpha value is -2.79. The van der Waals surface area contributed by atoms with Crippen LogP contribution in [-0.2, 0) is 27.8 Å². The fraction of sp³-hybridized carbons (Fsp3) is 0.278. The predicted octanol–water partition coefficient (Wildman–Crippen LogP) is 2.91. The molecule has 0 saturated heterocycles. The summed E-state index contributed by atoms with van der Waals surface area (Å²) < 4.78 is 19.7. The zero-order valence-electron chi connectivity index (χ0n) is 15.7. The third-order valence-electron chi connectivity index (χ3n) is 3.70. The molecule has 1 N–H and O–H groups in total. The third kappa shape index (κ3) is 5.61. The maximum absolute atomic E-state index is 13.1. The van der Waals surface area contributed by atoms with Crippen molar-refractivity contribution in [1.82, 2.24) is 19.7 Å². The van der Waals surface area contributed by atoms with Crippen LogP contribution in [0.5, 0.6) is 0 Å². The molecule has 152 valence electrons. The molecule has 29 heavy (non-hydrogen) atoms. The van der Waals surface area contributed by atoms with Gasteiger partial charge in [0, 0.05) is 18.0 Å². The van der Waals surface area contributed by atoms with E-state index in [0.29, 0.717) is 28.4 Å². The number of ether oxygens (including phenoxy) is 1. The molecular weight excluding hydrogens is 417 g/mol. The second-order valence-electron chi connectivity index (χ2n) is 5.83. The van der Waals surface area contributed by atoms with Crippen LogP contribution in [0.25, 0.3) is 11.4 Å². The molecule has 3 rings (SSSR count). The van der Waals surface area contributed by atoms with E-state index < -0.39 is 0 Å². The molecule has 0 bridgehead atoms. The highest BCUT2D eigenvalue weighted by Gasteiger charge is 2.14. The van der Waals surface area contributed by atoms with Gasteiger partial charge in [0.1, 0.15) is 5.82 Å². The van der Waals surface area contributed by atoms with Gasteiger partial charge in [0.25, 0.3) is 0 Å². The number of carbonyl (C=O) groups excluding carboxylic acids is 2. The minimum atomic E-state index is -0.356. The number of anilines is 1. The number of esters is 1. The molecule has 0 spiro atoms. The Morgan fingerprint density at radius 2 is 2.03 bits per heavy atom. The van der Waals surface area contributed by atoms with Gasteiger partial charge in [-0.1, -0.05) is 11.8 Å². The maximum Gasteiger partial charge on any atom is 0.311 e. The molecule has 0 aliphatic rings. The van der Waals surface area contributed by atoms with Gasteiger partial charge in [-0.2, -0.15) is 0 Å². The number of hydrogen-bond acceptors (Lipinski definition) is 8. The molecule has 0 saturated carbocycles. The van der Waals surface area contributed by atoms with Crippen molar-refractivity contribution in [3.63, 3.8) is 0 Å². The van der Waals surface area contributed by atoms with E-state index in [1.807, 2.05) is 0 Å². The SMILES string of the molecule is CCOC(=O)Cc1csc(NC(=O)CSc2nnc(-c3ccc(F)cc3)n2C)n1. The van der Waals surface area contributed by atoms with Gasteiger partial charge in [0.15, 0.2) is 16.1 Å². The molecule has 0 fully saturated rings. The summed E-state index contributed by atoms with van der Waals surface area (Å²) in [6.45, 7) is 2.05. The summed E-state index contributed by atoms with van der Waals surface area (Å²) in [4.78, 5) is 27.9. The Kier molecular flexibility index (Phi) is 6.94. The van der Waals surface area contributed by atoms with Crippen molar-refractivity contribution in [2.45, 2.75) is 18.5 Å². The number of aromatic nitrogens is 4. The van der Waals surface area contributed by atoms with Crippen LogP contribution in [0.2, 0.25) is 0 Å². The third-order valence-corrected chi connectivity index (χ3v) is 5.53. The molecule has 0 radical (unpaired) electrons. The van der Waals surface area contributed by atoms with Crippen molar-refractivity contribution < 1.29 is 18.7 Å². The van der Waals surface area contributed by atoms with E-state index in [4.69, 9.17) is 4.74 Å². The number of nitrogens with zero attached hydrogens (tertiary/aromatic N) is 4. The Balaban J connectivity index is 1.54. The molecule has 2 heterocycles. The van der Waals surface area contributed by atoms with Gasteiger partial charge in [0.2, 0.25) is 5.91 Å². The Bertz CT molecular complexity index is 1000. The standard InChI is InChI=1S/C18H18FN5O3S2/c1-3-27-15(26)8-13-9-28-17(20-13)21-14(25)10-29-18-23-22-16(24(18)2)11-4-6-12(19)7-5-11/h4-7,9H,3,8,10H2,1-2H3,(H,20,21,25). The van der Waals surface area contributed by atoms with Crippen LogP contribution in [0, 0.1) is 5.82 Å². The lowest BCUT2D eigenvalue weighted by Gasteiger charge is -2.04.